The zero-order valence-electron chi connectivity index (χ0n) is 10.7. The zero-order chi connectivity index (χ0) is 15.6. The molecular formula is C11H12ClN3O5S. The van der Waals surface area contributed by atoms with Gasteiger partial charge in [0.1, 0.15) is 0 Å². The van der Waals surface area contributed by atoms with Crippen molar-refractivity contribution in [3.63, 3.8) is 0 Å². The summed E-state index contributed by atoms with van der Waals surface area (Å²) in [5.41, 5.74) is 0.0696. The molecule has 1 aromatic rings. The number of nitrogens with one attached hydrogen (secondary N) is 2. The molecule has 2 unspecified atom stereocenters. The van der Waals surface area contributed by atoms with Crippen molar-refractivity contribution in [3.8, 4) is 0 Å². The van der Waals surface area contributed by atoms with Gasteiger partial charge in [0, 0.05) is 17.8 Å². The molecule has 114 valence electrons. The Morgan fingerprint density at radius 2 is 2.10 bits per heavy atom. The van der Waals surface area contributed by atoms with Crippen LogP contribution in [0.3, 0.4) is 0 Å². The van der Waals surface area contributed by atoms with Crippen molar-refractivity contribution in [2.24, 2.45) is 0 Å². The number of nitro groups is 1. The molecule has 0 radical (unpaired) electrons. The summed E-state index contributed by atoms with van der Waals surface area (Å²) in [6.45, 7) is 0. The molecule has 0 bridgehead atoms. The van der Waals surface area contributed by atoms with Gasteiger partial charge >= 0.3 is 6.03 Å². The number of nitrogens with zero attached hydrogens (tertiary/aromatic N) is 1. The van der Waals surface area contributed by atoms with Crippen molar-refractivity contribution in [1.29, 1.82) is 0 Å². The second-order valence-corrected chi connectivity index (χ2v) is 7.32. The smallest absolute Gasteiger partial charge is 0.319 e. The van der Waals surface area contributed by atoms with Crippen molar-refractivity contribution >= 4 is 38.8 Å². The summed E-state index contributed by atoms with van der Waals surface area (Å²) in [7, 11) is -3.24. The highest BCUT2D eigenvalue weighted by molar-refractivity contribution is 7.91. The number of alkyl halides is 1. The molecule has 0 saturated carbocycles. The lowest BCUT2D eigenvalue weighted by molar-refractivity contribution is -0.384. The molecule has 2 N–H and O–H groups in total. The molecule has 21 heavy (non-hydrogen) atoms. The lowest BCUT2D eigenvalue weighted by Gasteiger charge is -2.14. The van der Waals surface area contributed by atoms with E-state index in [-0.39, 0.29) is 22.9 Å². The Morgan fingerprint density at radius 1 is 1.38 bits per heavy atom. The summed E-state index contributed by atoms with van der Waals surface area (Å²) >= 11 is 5.87. The highest BCUT2D eigenvalue weighted by Gasteiger charge is 2.37. The van der Waals surface area contributed by atoms with E-state index in [1.165, 1.54) is 24.3 Å². The Labute approximate surface area is 125 Å². The van der Waals surface area contributed by atoms with E-state index in [1.807, 2.05) is 0 Å². The summed E-state index contributed by atoms with van der Waals surface area (Å²) in [5.74, 6) is -0.403. The number of rotatable bonds is 3. The van der Waals surface area contributed by atoms with E-state index in [0.717, 1.165) is 0 Å². The largest absolute Gasteiger partial charge is 0.333 e. The maximum atomic E-state index is 11.8. The van der Waals surface area contributed by atoms with E-state index in [1.54, 1.807) is 0 Å². The fourth-order valence-electron chi connectivity index (χ4n) is 1.97. The number of carbonyl (C=O) groups is 1. The van der Waals surface area contributed by atoms with Gasteiger partial charge in [0.05, 0.1) is 27.8 Å². The standard InChI is InChI=1S/C11H12ClN3O5S/c12-9-5-21(19,20)6-10(9)14-11(16)13-7-2-1-3-8(4-7)15(17)18/h1-4,9-10H,5-6H2,(H2,13,14,16). The minimum absolute atomic E-state index is 0.161. The number of halogens is 1. The summed E-state index contributed by atoms with van der Waals surface area (Å²) in [4.78, 5) is 21.8. The first kappa shape index (κ1) is 15.5. The fraction of sp³-hybridized carbons (Fsp3) is 0.364. The van der Waals surface area contributed by atoms with Crippen molar-refractivity contribution in [2.45, 2.75) is 11.4 Å². The highest BCUT2D eigenvalue weighted by atomic mass is 35.5. The quantitative estimate of drug-likeness (QED) is 0.488. The van der Waals surface area contributed by atoms with Crippen LogP contribution in [0.25, 0.3) is 0 Å². The van der Waals surface area contributed by atoms with E-state index in [9.17, 15) is 23.3 Å². The first-order valence-electron chi connectivity index (χ1n) is 5.93. The first-order chi connectivity index (χ1) is 9.77. The van der Waals surface area contributed by atoms with Crippen LogP contribution >= 0.6 is 11.6 Å². The molecule has 1 aliphatic rings. The Balaban J connectivity index is 1.99. The van der Waals surface area contributed by atoms with Crippen LogP contribution in [0.2, 0.25) is 0 Å². The average Bonchev–Trinajstić information content (AvgIpc) is 2.62. The van der Waals surface area contributed by atoms with E-state index >= 15 is 0 Å². The number of hydrogen-bond donors (Lipinski definition) is 2. The molecule has 2 rings (SSSR count). The summed E-state index contributed by atoms with van der Waals surface area (Å²) in [6, 6.07) is 4.05. The van der Waals surface area contributed by atoms with Gasteiger partial charge in [-0.3, -0.25) is 10.1 Å². The third-order valence-electron chi connectivity index (χ3n) is 2.91. The number of hydrogen-bond acceptors (Lipinski definition) is 5. The first-order valence-corrected chi connectivity index (χ1v) is 8.19. The van der Waals surface area contributed by atoms with Crippen molar-refractivity contribution in [3.05, 3.63) is 34.4 Å². The topological polar surface area (TPSA) is 118 Å². The maximum Gasteiger partial charge on any atom is 0.319 e. The van der Waals surface area contributed by atoms with Crippen molar-refractivity contribution in [1.82, 2.24) is 5.32 Å². The lowest BCUT2D eigenvalue weighted by atomic mass is 10.2. The van der Waals surface area contributed by atoms with Gasteiger partial charge in [-0.15, -0.1) is 11.6 Å². The molecule has 1 heterocycles. The Hall–Kier alpha value is -1.87. The lowest BCUT2D eigenvalue weighted by Crippen LogP contribution is -2.42. The Kier molecular flexibility index (Phi) is 4.33. The van der Waals surface area contributed by atoms with Crippen molar-refractivity contribution in [2.75, 3.05) is 16.8 Å². The fourth-order valence-corrected chi connectivity index (χ4v) is 4.52. The van der Waals surface area contributed by atoms with E-state index in [4.69, 9.17) is 11.6 Å². The third kappa shape index (κ3) is 4.05. The van der Waals surface area contributed by atoms with Gasteiger partial charge in [0.2, 0.25) is 0 Å². The normalized spacial score (nSPS) is 23.5. The van der Waals surface area contributed by atoms with Crippen LogP contribution in [-0.4, -0.2) is 42.3 Å². The summed E-state index contributed by atoms with van der Waals surface area (Å²) < 4.78 is 22.8. The molecule has 0 spiro atoms. The molecule has 2 amide bonds. The van der Waals surface area contributed by atoms with Gasteiger partial charge in [-0.2, -0.15) is 0 Å². The minimum atomic E-state index is -3.24. The van der Waals surface area contributed by atoms with Crippen LogP contribution in [0, 0.1) is 10.1 Å². The van der Waals surface area contributed by atoms with Crippen LogP contribution < -0.4 is 10.6 Å². The summed E-state index contributed by atoms with van der Waals surface area (Å²) in [6.07, 6.45) is 0. The van der Waals surface area contributed by atoms with E-state index < -0.39 is 32.2 Å². The molecule has 1 aromatic carbocycles. The number of sulfone groups is 1. The van der Waals surface area contributed by atoms with Gasteiger partial charge in [-0.05, 0) is 6.07 Å². The van der Waals surface area contributed by atoms with Crippen LogP contribution in [0.4, 0.5) is 16.2 Å². The van der Waals surface area contributed by atoms with Crippen LogP contribution in [0.15, 0.2) is 24.3 Å². The number of carbonyl (C=O) groups excluding carboxylic acids is 1. The average molecular weight is 334 g/mol. The number of nitro benzene ring substituents is 1. The predicted octanol–water partition coefficient (Wildman–Crippen LogP) is 1.12. The minimum Gasteiger partial charge on any atom is -0.333 e. The van der Waals surface area contributed by atoms with E-state index in [2.05, 4.69) is 10.6 Å². The maximum absolute atomic E-state index is 11.8. The van der Waals surface area contributed by atoms with E-state index in [0.29, 0.717) is 0 Å². The Bertz CT molecular complexity index is 678. The summed E-state index contributed by atoms with van der Waals surface area (Å²) in [5, 5.41) is 14.8. The zero-order valence-corrected chi connectivity index (χ0v) is 12.2. The second-order valence-electron chi connectivity index (χ2n) is 4.61. The van der Waals surface area contributed by atoms with Crippen LogP contribution in [-0.2, 0) is 9.84 Å². The van der Waals surface area contributed by atoms with Gasteiger partial charge in [0.25, 0.3) is 5.69 Å². The number of non-ortho nitro benzene ring substituents is 1. The Morgan fingerprint density at radius 3 is 2.67 bits per heavy atom. The number of amides is 2. The van der Waals surface area contributed by atoms with Gasteiger partial charge in [0.15, 0.2) is 9.84 Å². The number of benzene rings is 1. The molecule has 1 saturated heterocycles. The molecule has 1 aliphatic heterocycles. The molecule has 0 aliphatic carbocycles. The van der Waals surface area contributed by atoms with Crippen LogP contribution in [0.5, 0.6) is 0 Å². The third-order valence-corrected chi connectivity index (χ3v) is 5.29. The SMILES string of the molecule is O=C(Nc1cccc([N+](=O)[O-])c1)NC1CS(=O)(=O)CC1Cl. The van der Waals surface area contributed by atoms with Crippen LogP contribution in [0.1, 0.15) is 0 Å². The van der Waals surface area contributed by atoms with Gasteiger partial charge in [-0.25, -0.2) is 13.2 Å². The molecule has 0 aromatic heterocycles. The second kappa shape index (κ2) is 5.86. The number of anilines is 1. The molecule has 8 nitrogen and oxygen atoms in total. The molecule has 1 fully saturated rings. The van der Waals surface area contributed by atoms with Gasteiger partial charge in [-0.1, -0.05) is 6.07 Å². The molecule has 10 heteroatoms. The number of urea groups is 1. The van der Waals surface area contributed by atoms with Gasteiger partial charge < -0.3 is 10.6 Å². The highest BCUT2D eigenvalue weighted by Crippen LogP contribution is 2.19. The monoisotopic (exact) mass is 333 g/mol. The predicted molar refractivity (Wildman–Crippen MR) is 77.3 cm³/mol. The van der Waals surface area contributed by atoms with Crippen molar-refractivity contribution < 1.29 is 18.1 Å². The molecular weight excluding hydrogens is 322 g/mol. The molecule has 2 atom stereocenters.